The summed E-state index contributed by atoms with van der Waals surface area (Å²) in [6.07, 6.45) is 2.46. The maximum Gasteiger partial charge on any atom is 0.407 e. The van der Waals surface area contributed by atoms with Crippen molar-refractivity contribution in [1.82, 2.24) is 5.32 Å². The summed E-state index contributed by atoms with van der Waals surface area (Å²) in [5, 5.41) is 2.65. The minimum Gasteiger partial charge on any atom is -0.461 e. The summed E-state index contributed by atoms with van der Waals surface area (Å²) in [4.78, 5) is 22.8. The van der Waals surface area contributed by atoms with Crippen molar-refractivity contribution in [3.8, 4) is 0 Å². The standard InChI is InChI=1S/C14H25NO4/c1-6-10-18-12(16)11(2)8-7-9-15-13(17)19-14(3,4)5/h6,11H,1,7-10H2,2-5H3,(H,15,17)/t11-/m1/s1. The average molecular weight is 271 g/mol. The molecule has 0 aliphatic heterocycles. The molecule has 0 rings (SSSR count). The number of carbonyl (C=O) groups excluding carboxylic acids is 2. The van der Waals surface area contributed by atoms with Crippen molar-refractivity contribution in [3.63, 3.8) is 0 Å². The van der Waals surface area contributed by atoms with E-state index in [-0.39, 0.29) is 18.5 Å². The van der Waals surface area contributed by atoms with E-state index in [0.29, 0.717) is 19.4 Å². The smallest absolute Gasteiger partial charge is 0.407 e. The number of carbonyl (C=O) groups is 2. The molecule has 1 amide bonds. The quantitative estimate of drug-likeness (QED) is 0.439. The third kappa shape index (κ3) is 10.1. The summed E-state index contributed by atoms with van der Waals surface area (Å²) in [6.45, 7) is 11.4. The van der Waals surface area contributed by atoms with Gasteiger partial charge < -0.3 is 14.8 Å². The van der Waals surface area contributed by atoms with Gasteiger partial charge in [0.25, 0.3) is 0 Å². The lowest BCUT2D eigenvalue weighted by molar-refractivity contribution is -0.146. The predicted molar refractivity (Wildman–Crippen MR) is 73.8 cm³/mol. The van der Waals surface area contributed by atoms with Crippen molar-refractivity contribution in [2.45, 2.75) is 46.1 Å². The van der Waals surface area contributed by atoms with Crippen molar-refractivity contribution in [3.05, 3.63) is 12.7 Å². The second-order valence-electron chi connectivity index (χ2n) is 5.39. The Bertz CT molecular complexity index is 307. The molecule has 0 aromatic carbocycles. The monoisotopic (exact) mass is 271 g/mol. The summed E-state index contributed by atoms with van der Waals surface area (Å²) in [5.74, 6) is -0.419. The van der Waals surface area contributed by atoms with Gasteiger partial charge in [-0.25, -0.2) is 4.79 Å². The number of hydrogen-bond donors (Lipinski definition) is 1. The Morgan fingerprint density at radius 1 is 1.37 bits per heavy atom. The topological polar surface area (TPSA) is 64.6 Å². The summed E-state index contributed by atoms with van der Waals surface area (Å²) < 4.78 is 10.0. The number of alkyl carbamates (subject to hydrolysis) is 1. The molecule has 110 valence electrons. The highest BCUT2D eigenvalue weighted by atomic mass is 16.6. The van der Waals surface area contributed by atoms with Gasteiger partial charge in [0.15, 0.2) is 0 Å². The van der Waals surface area contributed by atoms with Crippen LogP contribution in [0.1, 0.15) is 40.5 Å². The van der Waals surface area contributed by atoms with Crippen molar-refractivity contribution in [2.75, 3.05) is 13.2 Å². The number of nitrogens with one attached hydrogen (secondary N) is 1. The van der Waals surface area contributed by atoms with E-state index in [9.17, 15) is 9.59 Å². The summed E-state index contributed by atoms with van der Waals surface area (Å²) in [7, 11) is 0. The predicted octanol–water partition coefficient (Wildman–Crippen LogP) is 2.66. The highest BCUT2D eigenvalue weighted by Crippen LogP contribution is 2.08. The van der Waals surface area contributed by atoms with Crippen molar-refractivity contribution in [1.29, 1.82) is 0 Å². The molecule has 0 aromatic heterocycles. The van der Waals surface area contributed by atoms with Crippen LogP contribution < -0.4 is 5.32 Å². The normalized spacial score (nSPS) is 12.4. The fourth-order valence-electron chi connectivity index (χ4n) is 1.31. The molecule has 0 aromatic rings. The van der Waals surface area contributed by atoms with Crippen LogP contribution in [0, 0.1) is 5.92 Å². The summed E-state index contributed by atoms with van der Waals surface area (Å²) in [5.41, 5.74) is -0.494. The largest absolute Gasteiger partial charge is 0.461 e. The SMILES string of the molecule is C=CCOC(=O)[C@H](C)CCCNC(=O)OC(C)(C)C. The van der Waals surface area contributed by atoms with Gasteiger partial charge in [0.1, 0.15) is 12.2 Å². The summed E-state index contributed by atoms with van der Waals surface area (Å²) >= 11 is 0. The van der Waals surface area contributed by atoms with Crippen molar-refractivity contribution >= 4 is 12.1 Å². The third-order valence-corrected chi connectivity index (χ3v) is 2.23. The van der Waals surface area contributed by atoms with Crippen LogP contribution in [0.2, 0.25) is 0 Å². The Hall–Kier alpha value is -1.52. The van der Waals surface area contributed by atoms with E-state index in [0.717, 1.165) is 0 Å². The summed E-state index contributed by atoms with van der Waals surface area (Å²) in [6, 6.07) is 0. The number of ether oxygens (including phenoxy) is 2. The molecule has 0 aliphatic carbocycles. The van der Waals surface area contributed by atoms with E-state index in [2.05, 4.69) is 11.9 Å². The van der Waals surface area contributed by atoms with Gasteiger partial charge in [-0.15, -0.1) is 0 Å². The Kier molecular flexibility index (Phi) is 7.87. The van der Waals surface area contributed by atoms with Crippen LogP contribution >= 0.6 is 0 Å². The Labute approximate surface area is 115 Å². The molecule has 0 spiro atoms. The second-order valence-corrected chi connectivity index (χ2v) is 5.39. The van der Waals surface area contributed by atoms with Crippen LogP contribution in [0.4, 0.5) is 4.79 Å². The molecule has 1 atom stereocenters. The van der Waals surface area contributed by atoms with E-state index >= 15 is 0 Å². The lowest BCUT2D eigenvalue weighted by atomic mass is 10.1. The number of rotatable bonds is 7. The number of esters is 1. The minimum atomic E-state index is -0.494. The first-order chi connectivity index (χ1) is 8.76. The zero-order valence-corrected chi connectivity index (χ0v) is 12.3. The highest BCUT2D eigenvalue weighted by Gasteiger charge is 2.16. The van der Waals surface area contributed by atoms with Gasteiger partial charge in [-0.05, 0) is 33.6 Å². The second kappa shape index (κ2) is 8.56. The Morgan fingerprint density at radius 2 is 2.00 bits per heavy atom. The molecule has 5 heteroatoms. The van der Waals surface area contributed by atoms with Gasteiger partial charge in [0, 0.05) is 6.54 Å². The average Bonchev–Trinajstić information content (AvgIpc) is 2.29. The van der Waals surface area contributed by atoms with Gasteiger partial charge in [-0.1, -0.05) is 19.6 Å². The minimum absolute atomic E-state index is 0.180. The molecular weight excluding hydrogens is 246 g/mol. The molecule has 1 N–H and O–H groups in total. The molecule has 0 radical (unpaired) electrons. The molecule has 0 aliphatic rings. The first-order valence-corrected chi connectivity index (χ1v) is 6.50. The van der Waals surface area contributed by atoms with E-state index in [4.69, 9.17) is 9.47 Å². The first-order valence-electron chi connectivity index (χ1n) is 6.50. The Morgan fingerprint density at radius 3 is 2.53 bits per heavy atom. The van der Waals surface area contributed by atoms with E-state index in [1.54, 1.807) is 6.92 Å². The zero-order valence-electron chi connectivity index (χ0n) is 12.3. The van der Waals surface area contributed by atoms with Crippen molar-refractivity contribution in [2.24, 2.45) is 5.92 Å². The van der Waals surface area contributed by atoms with Crippen LogP contribution in [0.5, 0.6) is 0 Å². The molecule has 0 heterocycles. The first kappa shape index (κ1) is 17.5. The molecule has 19 heavy (non-hydrogen) atoms. The van der Waals surface area contributed by atoms with Crippen LogP contribution in [0.3, 0.4) is 0 Å². The van der Waals surface area contributed by atoms with Crippen molar-refractivity contribution < 1.29 is 19.1 Å². The van der Waals surface area contributed by atoms with Gasteiger partial charge >= 0.3 is 12.1 Å². The molecular formula is C14H25NO4. The van der Waals surface area contributed by atoms with Crippen LogP contribution in [0.25, 0.3) is 0 Å². The fourth-order valence-corrected chi connectivity index (χ4v) is 1.31. The Balaban J connectivity index is 3.71. The lowest BCUT2D eigenvalue weighted by Gasteiger charge is -2.19. The van der Waals surface area contributed by atoms with E-state index in [1.807, 2.05) is 20.8 Å². The number of hydrogen-bond acceptors (Lipinski definition) is 4. The van der Waals surface area contributed by atoms with E-state index in [1.165, 1.54) is 6.08 Å². The van der Waals surface area contributed by atoms with E-state index < -0.39 is 11.7 Å². The third-order valence-electron chi connectivity index (χ3n) is 2.23. The molecule has 5 nitrogen and oxygen atoms in total. The lowest BCUT2D eigenvalue weighted by Crippen LogP contribution is -2.33. The van der Waals surface area contributed by atoms with Gasteiger partial charge in [-0.3, -0.25) is 4.79 Å². The molecule has 0 unspecified atom stereocenters. The number of amides is 1. The molecule has 0 bridgehead atoms. The maximum absolute atomic E-state index is 11.4. The zero-order chi connectivity index (χ0) is 14.9. The van der Waals surface area contributed by atoms with Gasteiger partial charge in [-0.2, -0.15) is 0 Å². The van der Waals surface area contributed by atoms with Crippen LogP contribution in [-0.2, 0) is 14.3 Å². The fraction of sp³-hybridized carbons (Fsp3) is 0.714. The maximum atomic E-state index is 11.4. The molecule has 0 saturated heterocycles. The molecule has 0 fully saturated rings. The van der Waals surface area contributed by atoms with Crippen LogP contribution in [-0.4, -0.2) is 30.8 Å². The van der Waals surface area contributed by atoms with Gasteiger partial charge in [0.05, 0.1) is 5.92 Å². The molecule has 0 saturated carbocycles. The highest BCUT2D eigenvalue weighted by molar-refractivity contribution is 5.72. The van der Waals surface area contributed by atoms with Crippen LogP contribution in [0.15, 0.2) is 12.7 Å². The van der Waals surface area contributed by atoms with Gasteiger partial charge in [0.2, 0.25) is 0 Å².